The summed E-state index contributed by atoms with van der Waals surface area (Å²) in [4.78, 5) is 40.2. The molecule has 6 heteroatoms. The number of aromatic nitrogens is 1. The number of Topliss-reactive ketones (excluding diaryl/α,β-unsaturated/α-hetero) is 2. The summed E-state index contributed by atoms with van der Waals surface area (Å²) >= 11 is 0. The van der Waals surface area contributed by atoms with Crippen LogP contribution in [0.2, 0.25) is 0 Å². The zero-order chi connectivity index (χ0) is 23.5. The number of ether oxygens (including phenoxy) is 1. The number of piperidine rings is 1. The van der Waals surface area contributed by atoms with Crippen LogP contribution in [0.15, 0.2) is 60.9 Å². The standard InChI is InChI=1S/C15H18N2O4.C6H6.2C2H6/c1-11(18)9-14(19)12-4-7-17(8-5-12)15(20)21-13-3-2-6-16-10-13;1-2-4-6-5-3-1;2*1-2/h2-3,6,10,12H,4-5,7-9H2,1H3;1-6H;2*1-2H3. The first-order valence-electron chi connectivity index (χ1n) is 10.9. The van der Waals surface area contributed by atoms with Crippen LogP contribution in [0.3, 0.4) is 0 Å². The van der Waals surface area contributed by atoms with Gasteiger partial charge in [0, 0.05) is 25.2 Å². The summed E-state index contributed by atoms with van der Waals surface area (Å²) in [6.07, 6.45) is 3.79. The van der Waals surface area contributed by atoms with Crippen LogP contribution in [0, 0.1) is 5.92 Å². The molecule has 0 aliphatic carbocycles. The van der Waals surface area contributed by atoms with Crippen molar-refractivity contribution in [3.05, 3.63) is 60.9 Å². The number of carbonyl (C=O) groups is 3. The van der Waals surface area contributed by atoms with Gasteiger partial charge in [0.15, 0.2) is 5.75 Å². The average Bonchev–Trinajstić information content (AvgIpc) is 2.83. The molecular formula is C25H36N2O4. The Morgan fingerprint density at radius 2 is 1.45 bits per heavy atom. The van der Waals surface area contributed by atoms with Gasteiger partial charge in [-0.05, 0) is 31.9 Å². The van der Waals surface area contributed by atoms with E-state index in [1.165, 1.54) is 13.1 Å². The molecule has 0 spiro atoms. The maximum Gasteiger partial charge on any atom is 0.415 e. The lowest BCUT2D eigenvalue weighted by Gasteiger charge is -2.30. The van der Waals surface area contributed by atoms with Crippen molar-refractivity contribution in [3.63, 3.8) is 0 Å². The molecule has 1 aliphatic rings. The van der Waals surface area contributed by atoms with Crippen LogP contribution < -0.4 is 4.74 Å². The van der Waals surface area contributed by atoms with Crippen molar-refractivity contribution in [2.24, 2.45) is 5.92 Å². The quantitative estimate of drug-likeness (QED) is 0.594. The van der Waals surface area contributed by atoms with Gasteiger partial charge in [0.2, 0.25) is 0 Å². The Hall–Kier alpha value is -3.02. The van der Waals surface area contributed by atoms with Crippen molar-refractivity contribution in [1.82, 2.24) is 9.88 Å². The molecule has 1 saturated heterocycles. The maximum absolute atomic E-state index is 12.0. The van der Waals surface area contributed by atoms with Gasteiger partial charge in [-0.25, -0.2) is 4.79 Å². The SMILES string of the molecule is CC.CC.CC(=O)CC(=O)C1CCN(C(=O)Oc2cccnc2)CC1.c1ccccc1. The van der Waals surface area contributed by atoms with E-state index in [2.05, 4.69) is 4.98 Å². The van der Waals surface area contributed by atoms with E-state index in [0.29, 0.717) is 31.7 Å². The molecule has 1 aromatic carbocycles. The topological polar surface area (TPSA) is 76.6 Å². The van der Waals surface area contributed by atoms with Gasteiger partial charge in [-0.3, -0.25) is 14.6 Å². The number of carbonyl (C=O) groups excluding carboxylic acids is 3. The van der Waals surface area contributed by atoms with E-state index in [1.807, 2.05) is 64.1 Å². The number of nitrogens with zero attached hydrogens (tertiary/aromatic N) is 2. The highest BCUT2D eigenvalue weighted by Gasteiger charge is 2.28. The number of amides is 1. The molecule has 2 heterocycles. The van der Waals surface area contributed by atoms with Gasteiger partial charge in [0.1, 0.15) is 11.6 Å². The lowest BCUT2D eigenvalue weighted by atomic mass is 9.90. The predicted octanol–water partition coefficient (Wildman–Crippen LogP) is 5.58. The highest BCUT2D eigenvalue weighted by Crippen LogP contribution is 2.20. The summed E-state index contributed by atoms with van der Waals surface area (Å²) in [5.74, 6) is 0.134. The predicted molar refractivity (Wildman–Crippen MR) is 124 cm³/mol. The molecule has 2 aromatic rings. The molecule has 0 bridgehead atoms. The van der Waals surface area contributed by atoms with Crippen molar-refractivity contribution in [2.75, 3.05) is 13.1 Å². The number of pyridine rings is 1. The minimum absolute atomic E-state index is 0.00913. The van der Waals surface area contributed by atoms with Crippen molar-refractivity contribution in [3.8, 4) is 5.75 Å². The first-order chi connectivity index (χ1) is 15.1. The smallest absolute Gasteiger partial charge is 0.409 e. The van der Waals surface area contributed by atoms with Crippen LogP contribution in [0.1, 0.15) is 53.9 Å². The summed E-state index contributed by atoms with van der Waals surface area (Å²) < 4.78 is 5.20. The number of hydrogen-bond acceptors (Lipinski definition) is 5. The Labute approximate surface area is 186 Å². The van der Waals surface area contributed by atoms with Crippen LogP contribution in [0.4, 0.5) is 4.79 Å². The molecule has 0 radical (unpaired) electrons. The number of likely N-dealkylation sites (tertiary alicyclic amines) is 1. The first-order valence-corrected chi connectivity index (χ1v) is 10.9. The van der Waals surface area contributed by atoms with Crippen LogP contribution in [0.5, 0.6) is 5.75 Å². The summed E-state index contributed by atoms with van der Waals surface area (Å²) in [5.41, 5.74) is 0. The van der Waals surface area contributed by atoms with Gasteiger partial charge in [-0.15, -0.1) is 0 Å². The number of hydrogen-bond donors (Lipinski definition) is 0. The highest BCUT2D eigenvalue weighted by molar-refractivity contribution is 5.99. The van der Waals surface area contributed by atoms with Crippen LogP contribution >= 0.6 is 0 Å². The Morgan fingerprint density at radius 3 is 1.87 bits per heavy atom. The second-order valence-corrected chi connectivity index (χ2v) is 6.32. The van der Waals surface area contributed by atoms with Crippen molar-refractivity contribution in [1.29, 1.82) is 0 Å². The fourth-order valence-electron chi connectivity index (χ4n) is 2.73. The molecule has 1 aliphatic heterocycles. The summed E-state index contributed by atoms with van der Waals surface area (Å²) in [7, 11) is 0. The van der Waals surface area contributed by atoms with E-state index >= 15 is 0 Å². The average molecular weight is 429 g/mol. The third kappa shape index (κ3) is 12.3. The van der Waals surface area contributed by atoms with E-state index in [9.17, 15) is 14.4 Å². The molecule has 0 N–H and O–H groups in total. The summed E-state index contributed by atoms with van der Waals surface area (Å²) in [5, 5.41) is 0. The van der Waals surface area contributed by atoms with E-state index in [0.717, 1.165) is 0 Å². The third-order valence-electron chi connectivity index (χ3n) is 4.14. The van der Waals surface area contributed by atoms with E-state index in [-0.39, 0.29) is 23.9 Å². The van der Waals surface area contributed by atoms with Gasteiger partial charge in [-0.2, -0.15) is 0 Å². The van der Waals surface area contributed by atoms with E-state index < -0.39 is 6.09 Å². The lowest BCUT2D eigenvalue weighted by Crippen LogP contribution is -2.41. The highest BCUT2D eigenvalue weighted by atomic mass is 16.6. The number of benzene rings is 1. The molecule has 0 atom stereocenters. The molecule has 1 amide bonds. The minimum atomic E-state index is -0.430. The van der Waals surface area contributed by atoms with Gasteiger partial charge in [0.05, 0.1) is 12.6 Å². The molecule has 170 valence electrons. The van der Waals surface area contributed by atoms with Gasteiger partial charge in [-0.1, -0.05) is 64.1 Å². The molecule has 0 saturated carbocycles. The Kier molecular flexibility index (Phi) is 16.1. The zero-order valence-corrected chi connectivity index (χ0v) is 19.4. The van der Waals surface area contributed by atoms with Crippen LogP contribution in [-0.2, 0) is 9.59 Å². The second-order valence-electron chi connectivity index (χ2n) is 6.32. The van der Waals surface area contributed by atoms with Crippen molar-refractivity contribution >= 4 is 17.7 Å². The Morgan fingerprint density at radius 1 is 0.935 bits per heavy atom. The lowest BCUT2D eigenvalue weighted by molar-refractivity contribution is -0.129. The second kappa shape index (κ2) is 17.8. The summed E-state index contributed by atoms with van der Waals surface area (Å²) in [6.45, 7) is 10.3. The van der Waals surface area contributed by atoms with Crippen molar-refractivity contribution in [2.45, 2.75) is 53.9 Å². The van der Waals surface area contributed by atoms with Crippen LogP contribution in [-0.4, -0.2) is 40.6 Å². The number of rotatable bonds is 4. The molecule has 6 nitrogen and oxygen atoms in total. The van der Waals surface area contributed by atoms with Crippen LogP contribution in [0.25, 0.3) is 0 Å². The fourth-order valence-corrected chi connectivity index (χ4v) is 2.73. The molecule has 3 rings (SSSR count). The van der Waals surface area contributed by atoms with E-state index in [1.54, 1.807) is 23.2 Å². The monoisotopic (exact) mass is 428 g/mol. The largest absolute Gasteiger partial charge is 0.415 e. The minimum Gasteiger partial charge on any atom is -0.409 e. The summed E-state index contributed by atoms with van der Waals surface area (Å²) in [6, 6.07) is 15.4. The molecule has 1 aromatic heterocycles. The normalized spacial score (nSPS) is 12.5. The zero-order valence-electron chi connectivity index (χ0n) is 19.4. The Balaban J connectivity index is 0.000000753. The van der Waals surface area contributed by atoms with Gasteiger partial charge < -0.3 is 9.64 Å². The van der Waals surface area contributed by atoms with Gasteiger partial charge in [0.25, 0.3) is 0 Å². The number of ketones is 2. The fraction of sp³-hybridized carbons (Fsp3) is 0.440. The maximum atomic E-state index is 12.0. The van der Waals surface area contributed by atoms with Gasteiger partial charge >= 0.3 is 6.09 Å². The molecule has 1 fully saturated rings. The first kappa shape index (κ1) is 28.0. The molecule has 0 unspecified atom stereocenters. The molecule has 31 heavy (non-hydrogen) atoms. The van der Waals surface area contributed by atoms with Crippen molar-refractivity contribution < 1.29 is 19.1 Å². The molecular weight excluding hydrogens is 392 g/mol. The third-order valence-corrected chi connectivity index (χ3v) is 4.14. The van der Waals surface area contributed by atoms with E-state index in [4.69, 9.17) is 4.74 Å². The Bertz CT molecular complexity index is 701.